The molecule has 0 fully saturated rings. The Bertz CT molecular complexity index is 1540. The summed E-state index contributed by atoms with van der Waals surface area (Å²) in [6.07, 6.45) is 7.40. The van der Waals surface area contributed by atoms with Crippen LogP contribution in [-0.4, -0.2) is 3.21 Å². The van der Waals surface area contributed by atoms with Crippen molar-refractivity contribution in [1.82, 2.24) is 0 Å². The molecule has 1 heteroatoms. The second-order valence-corrected chi connectivity index (χ2v) is 28.9. The Morgan fingerprint density at radius 1 is 0.684 bits per heavy atom. The number of hydrogen-bond donors (Lipinski definition) is 0. The first-order valence-electron chi connectivity index (χ1n) is 14.1. The number of hydrogen-bond acceptors (Lipinski definition) is 0. The summed E-state index contributed by atoms with van der Waals surface area (Å²) in [4.78, 5) is 0. The zero-order valence-corrected chi connectivity index (χ0v) is 25.6. The van der Waals surface area contributed by atoms with Crippen LogP contribution in [0.3, 0.4) is 0 Å². The molecule has 0 bridgehead atoms. The first-order valence-corrected chi connectivity index (χ1v) is 22.9. The molecule has 0 saturated heterocycles. The van der Waals surface area contributed by atoms with E-state index in [0.29, 0.717) is 9.54 Å². The summed E-state index contributed by atoms with van der Waals surface area (Å²) < 4.78 is 9.20. The Hall–Kier alpha value is -2.89. The van der Waals surface area contributed by atoms with E-state index >= 15 is 0 Å². The molecule has 0 heterocycles. The van der Waals surface area contributed by atoms with Crippen molar-refractivity contribution in [2.75, 3.05) is 0 Å². The van der Waals surface area contributed by atoms with Crippen LogP contribution < -0.4 is 0 Å². The van der Waals surface area contributed by atoms with Crippen LogP contribution in [0.5, 0.6) is 0 Å². The Balaban J connectivity index is 1.79. The van der Waals surface area contributed by atoms with Crippen molar-refractivity contribution in [3.05, 3.63) is 152 Å². The molecule has 0 amide bonds. The van der Waals surface area contributed by atoms with Crippen molar-refractivity contribution < 1.29 is 18.3 Å². The maximum atomic E-state index is 2.75. The van der Waals surface area contributed by atoms with E-state index in [4.69, 9.17) is 0 Å². The predicted molar refractivity (Wildman–Crippen MR) is 162 cm³/mol. The molecule has 0 nitrogen and oxygen atoms in total. The van der Waals surface area contributed by atoms with Gasteiger partial charge in [0.05, 0.1) is 0 Å². The van der Waals surface area contributed by atoms with Crippen molar-refractivity contribution in [3.63, 3.8) is 0 Å². The van der Waals surface area contributed by atoms with Crippen molar-refractivity contribution >= 4 is 3.21 Å². The molecule has 0 unspecified atom stereocenters. The molecule has 0 spiro atoms. The van der Waals surface area contributed by atoms with E-state index in [1.807, 2.05) is 0 Å². The summed E-state index contributed by atoms with van der Waals surface area (Å²) in [5.41, 5.74) is 10.2. The Morgan fingerprint density at radius 2 is 1.16 bits per heavy atom. The average Bonchev–Trinajstić information content (AvgIpc) is 3.54. The predicted octanol–water partition coefficient (Wildman–Crippen LogP) is 10.1. The topological polar surface area (TPSA) is 0 Å². The fourth-order valence-corrected chi connectivity index (χ4v) is 24.3. The van der Waals surface area contributed by atoms with Gasteiger partial charge in [-0.2, -0.15) is 0 Å². The van der Waals surface area contributed by atoms with Crippen LogP contribution in [-0.2, 0) is 18.3 Å². The minimum atomic E-state index is -4.19. The van der Waals surface area contributed by atoms with Crippen molar-refractivity contribution in [3.8, 4) is 11.1 Å². The first kappa shape index (κ1) is 25.4. The number of fused-ring (bicyclic) bond motifs is 3. The quantitative estimate of drug-likeness (QED) is 0.215. The van der Waals surface area contributed by atoms with E-state index in [-0.39, 0.29) is 0 Å². The molecule has 38 heavy (non-hydrogen) atoms. The molecule has 0 saturated carbocycles. The van der Waals surface area contributed by atoms with E-state index in [2.05, 4.69) is 144 Å². The summed E-state index contributed by atoms with van der Waals surface area (Å²) in [5.74, 6) is 0.658. The fraction of sp³-hybridized carbons (Fsp3) is 0.216. The van der Waals surface area contributed by atoms with Crippen LogP contribution in [0, 0.1) is 5.92 Å². The minimum absolute atomic E-state index is 0.386. The first-order chi connectivity index (χ1) is 18.4. The Morgan fingerprint density at radius 3 is 1.66 bits per heavy atom. The zero-order valence-electron chi connectivity index (χ0n) is 23.1. The second-order valence-electron chi connectivity index (χ2n) is 12.5. The zero-order chi connectivity index (χ0) is 26.4. The summed E-state index contributed by atoms with van der Waals surface area (Å²) in [6.45, 7) is 4.68. The molecule has 2 aliphatic carbocycles. The standard InChI is InChI=1S/C13H9.C13H10.C9H13.2CH3.Zr/c1-3-7-12-10(5-1)9-11-6-2-4-8-13(11)12;1-3-7-12(8-4-1)11-13-9-5-2-6-10-13;1-8(2)7-9-5-3-4-6-9;;;/h1-9H;1-10H;5-6,8H,3,7H2,1-2H3;2*1H3;. The van der Waals surface area contributed by atoms with Gasteiger partial charge in [-0.3, -0.25) is 0 Å². The van der Waals surface area contributed by atoms with Crippen LogP contribution in [0.15, 0.2) is 130 Å². The van der Waals surface area contributed by atoms with Crippen LogP contribution in [0.2, 0.25) is 9.26 Å². The van der Waals surface area contributed by atoms with Gasteiger partial charge < -0.3 is 0 Å². The molecule has 0 aliphatic heterocycles. The van der Waals surface area contributed by atoms with Gasteiger partial charge in [0.2, 0.25) is 0 Å². The third-order valence-electron chi connectivity index (χ3n) is 9.17. The van der Waals surface area contributed by atoms with Crippen LogP contribution in [0.4, 0.5) is 0 Å². The van der Waals surface area contributed by atoms with Gasteiger partial charge in [0.1, 0.15) is 0 Å². The Labute approximate surface area is 229 Å². The number of allylic oxidation sites excluding steroid dienone is 4. The molecular formula is C37H38Zr. The molecule has 4 aromatic rings. The van der Waals surface area contributed by atoms with Gasteiger partial charge in [-0.1, -0.05) is 0 Å². The molecule has 0 aromatic heterocycles. The Kier molecular flexibility index (Phi) is 6.48. The van der Waals surface area contributed by atoms with E-state index in [0.717, 1.165) is 12.8 Å². The molecular weight excluding hydrogens is 536 g/mol. The third-order valence-corrected chi connectivity index (χ3v) is 25.9. The average molecular weight is 574 g/mol. The van der Waals surface area contributed by atoms with Gasteiger partial charge in [0.25, 0.3) is 0 Å². The molecule has 6 rings (SSSR count). The molecule has 4 aromatic carbocycles. The van der Waals surface area contributed by atoms with E-state index in [1.54, 1.807) is 6.49 Å². The number of rotatable bonds is 6. The van der Waals surface area contributed by atoms with Crippen LogP contribution in [0.1, 0.15) is 52.6 Å². The van der Waals surface area contributed by atoms with Gasteiger partial charge in [-0.05, 0) is 0 Å². The van der Waals surface area contributed by atoms with E-state index < -0.39 is 18.3 Å². The fourth-order valence-electron chi connectivity index (χ4n) is 7.58. The second kappa shape index (κ2) is 9.70. The number of benzene rings is 4. The maximum absolute atomic E-state index is 4.19. The molecule has 0 N–H and O–H groups in total. The molecule has 0 radical (unpaired) electrons. The van der Waals surface area contributed by atoms with Crippen LogP contribution >= 0.6 is 0 Å². The SMILES string of the molecule is CC(C)CC1=CC[C]([Zr]([CH3])([CH3])(=[C](c2ccccc2)c2ccccc2)[CH]2c3ccccc3-c3ccccc32)=C1. The van der Waals surface area contributed by atoms with Gasteiger partial charge in [0.15, 0.2) is 0 Å². The van der Waals surface area contributed by atoms with Gasteiger partial charge in [-0.25, -0.2) is 0 Å². The molecule has 190 valence electrons. The van der Waals surface area contributed by atoms with Gasteiger partial charge in [0, 0.05) is 0 Å². The summed E-state index contributed by atoms with van der Waals surface area (Å²) in [5, 5.41) is 0. The molecule has 0 atom stereocenters. The van der Waals surface area contributed by atoms with Crippen molar-refractivity contribution in [1.29, 1.82) is 0 Å². The summed E-state index contributed by atoms with van der Waals surface area (Å²) >= 11 is -4.19. The molecule has 2 aliphatic rings. The van der Waals surface area contributed by atoms with Crippen molar-refractivity contribution in [2.45, 2.75) is 39.6 Å². The normalized spacial score (nSPS) is 15.2. The summed E-state index contributed by atoms with van der Waals surface area (Å²) in [6, 6.07) is 41.1. The van der Waals surface area contributed by atoms with Gasteiger partial charge in [-0.15, -0.1) is 0 Å². The van der Waals surface area contributed by atoms with Crippen LogP contribution in [0.25, 0.3) is 11.1 Å². The van der Waals surface area contributed by atoms with Gasteiger partial charge >= 0.3 is 231 Å². The van der Waals surface area contributed by atoms with Crippen molar-refractivity contribution in [2.24, 2.45) is 5.92 Å². The third kappa shape index (κ3) is 4.02. The summed E-state index contributed by atoms with van der Waals surface area (Å²) in [7, 11) is 0. The monoisotopic (exact) mass is 572 g/mol. The van der Waals surface area contributed by atoms with E-state index in [9.17, 15) is 0 Å². The van der Waals surface area contributed by atoms with E-state index in [1.165, 1.54) is 39.0 Å².